The molecule has 3 aliphatic heterocycles. The number of hydrogen-bond acceptors (Lipinski definition) is 4. The second-order valence-electron chi connectivity index (χ2n) is 8.37. The van der Waals surface area contributed by atoms with Gasteiger partial charge >= 0.3 is 0 Å². The summed E-state index contributed by atoms with van der Waals surface area (Å²) in [6.45, 7) is 8.58. The Morgan fingerprint density at radius 2 is 1.04 bits per heavy atom. The van der Waals surface area contributed by atoms with Gasteiger partial charge in [0.1, 0.15) is 11.6 Å². The molecule has 6 nitrogen and oxygen atoms in total. The van der Waals surface area contributed by atoms with E-state index in [9.17, 15) is 0 Å². The van der Waals surface area contributed by atoms with E-state index in [1.807, 2.05) is 36.4 Å². The topological polar surface area (TPSA) is 81.0 Å². The third kappa shape index (κ3) is 2.56. The van der Waals surface area contributed by atoms with Gasteiger partial charge in [-0.2, -0.15) is 0 Å². The van der Waals surface area contributed by atoms with Gasteiger partial charge in [-0.25, -0.2) is 20.0 Å². The molecule has 0 amide bonds. The van der Waals surface area contributed by atoms with Crippen LogP contribution < -0.4 is 0 Å². The normalized spacial score (nSPS) is 21.3. The molecular weight excluding hydrogens is 348 g/mol. The minimum absolute atomic E-state index is 0.240. The minimum atomic E-state index is -0.331. The van der Waals surface area contributed by atoms with Crippen LogP contribution in [-0.2, 0) is 5.41 Å². The Kier molecular flexibility index (Phi) is 3.38. The Hall–Kier alpha value is -3.28. The number of nitrogens with one attached hydrogen (secondary N) is 2. The number of aliphatic imine (C=N–C) groups is 4. The molecule has 3 aliphatic rings. The molecule has 28 heavy (non-hydrogen) atoms. The van der Waals surface area contributed by atoms with E-state index in [0.717, 1.165) is 34.4 Å². The highest BCUT2D eigenvalue weighted by molar-refractivity contribution is 6.30. The second-order valence-corrected chi connectivity index (χ2v) is 8.37. The van der Waals surface area contributed by atoms with Crippen molar-refractivity contribution in [1.29, 1.82) is 0 Å². The highest BCUT2D eigenvalue weighted by atomic mass is 15.0. The van der Waals surface area contributed by atoms with Crippen LogP contribution in [0.15, 0.2) is 68.5 Å². The number of amidine groups is 2. The number of nitrogens with zero attached hydrogens (tertiary/aromatic N) is 4. The molecule has 0 aromatic carbocycles. The van der Waals surface area contributed by atoms with Crippen molar-refractivity contribution >= 4 is 34.7 Å². The SMILES string of the molecule is CC1(C)C2=NC(=Nc3ccc([nH]3)C(C)(C)c3ccc([nH]3)N=C3C=CC1=N3)C=C2. The van der Waals surface area contributed by atoms with Crippen molar-refractivity contribution in [1.82, 2.24) is 9.97 Å². The van der Waals surface area contributed by atoms with Gasteiger partial charge in [0.05, 0.1) is 11.4 Å². The number of hydrogen-bond donors (Lipinski definition) is 2. The van der Waals surface area contributed by atoms with Crippen LogP contribution in [0.4, 0.5) is 11.6 Å². The number of rotatable bonds is 0. The molecule has 0 radical (unpaired) electrons. The van der Waals surface area contributed by atoms with Crippen molar-refractivity contribution < 1.29 is 0 Å². The Balaban J connectivity index is 1.70. The molecule has 0 aliphatic carbocycles. The van der Waals surface area contributed by atoms with Crippen molar-refractivity contribution in [2.75, 3.05) is 0 Å². The maximum absolute atomic E-state index is 4.74. The van der Waals surface area contributed by atoms with E-state index in [0.29, 0.717) is 11.7 Å². The highest BCUT2D eigenvalue weighted by Gasteiger charge is 2.33. The fourth-order valence-electron chi connectivity index (χ4n) is 3.67. The molecule has 0 spiro atoms. The number of aromatic amines is 2. The quantitative estimate of drug-likeness (QED) is 0.668. The zero-order valence-electron chi connectivity index (χ0n) is 16.4. The predicted molar refractivity (Wildman–Crippen MR) is 115 cm³/mol. The van der Waals surface area contributed by atoms with Gasteiger partial charge in [-0.15, -0.1) is 0 Å². The van der Waals surface area contributed by atoms with Crippen molar-refractivity contribution in [3.8, 4) is 0 Å². The Morgan fingerprint density at radius 3 is 1.50 bits per heavy atom. The van der Waals surface area contributed by atoms with Crippen LogP contribution in [0.1, 0.15) is 39.1 Å². The fraction of sp³-hybridized carbons (Fsp3) is 0.273. The van der Waals surface area contributed by atoms with Crippen LogP contribution in [-0.4, -0.2) is 33.1 Å². The van der Waals surface area contributed by atoms with E-state index in [4.69, 9.17) is 9.98 Å². The first kappa shape index (κ1) is 16.9. The number of aromatic nitrogens is 2. The second kappa shape index (κ2) is 5.61. The van der Waals surface area contributed by atoms with Crippen LogP contribution in [0.5, 0.6) is 0 Å². The molecule has 2 N–H and O–H groups in total. The molecular formula is C22H22N6. The average molecular weight is 370 g/mol. The largest absolute Gasteiger partial charge is 0.343 e. The first-order valence-corrected chi connectivity index (χ1v) is 9.43. The molecule has 0 saturated heterocycles. The van der Waals surface area contributed by atoms with Crippen molar-refractivity contribution in [2.45, 2.75) is 33.1 Å². The first-order chi connectivity index (χ1) is 13.3. The van der Waals surface area contributed by atoms with E-state index in [1.165, 1.54) is 0 Å². The van der Waals surface area contributed by atoms with Crippen molar-refractivity contribution in [3.63, 3.8) is 0 Å². The Labute approximate surface area is 163 Å². The van der Waals surface area contributed by atoms with Gasteiger partial charge in [0.2, 0.25) is 0 Å². The molecule has 5 heterocycles. The van der Waals surface area contributed by atoms with Gasteiger partial charge in [0.25, 0.3) is 0 Å². The molecule has 8 bridgehead atoms. The van der Waals surface area contributed by atoms with Gasteiger partial charge in [-0.05, 0) is 76.3 Å². The van der Waals surface area contributed by atoms with Gasteiger partial charge in [0, 0.05) is 22.2 Å². The smallest absolute Gasteiger partial charge is 0.154 e. The van der Waals surface area contributed by atoms with Crippen LogP contribution in [0.25, 0.3) is 0 Å². The lowest BCUT2D eigenvalue weighted by Gasteiger charge is -2.22. The summed E-state index contributed by atoms with van der Waals surface area (Å²) in [7, 11) is 0. The predicted octanol–water partition coefficient (Wildman–Crippen LogP) is 4.79. The Morgan fingerprint density at radius 1 is 0.571 bits per heavy atom. The molecule has 2 aromatic heterocycles. The van der Waals surface area contributed by atoms with E-state index in [-0.39, 0.29) is 10.8 Å². The van der Waals surface area contributed by atoms with Gasteiger partial charge < -0.3 is 9.97 Å². The van der Waals surface area contributed by atoms with Crippen LogP contribution >= 0.6 is 0 Å². The van der Waals surface area contributed by atoms with E-state index < -0.39 is 0 Å². The molecule has 6 heteroatoms. The lowest BCUT2D eigenvalue weighted by Crippen LogP contribution is -2.30. The van der Waals surface area contributed by atoms with Crippen LogP contribution in [0.3, 0.4) is 0 Å². The zero-order chi connectivity index (χ0) is 19.5. The lowest BCUT2D eigenvalue weighted by atomic mass is 9.82. The summed E-state index contributed by atoms with van der Waals surface area (Å²) in [5.41, 5.74) is 3.47. The van der Waals surface area contributed by atoms with Crippen molar-refractivity contribution in [3.05, 3.63) is 60.0 Å². The fourth-order valence-corrected chi connectivity index (χ4v) is 3.67. The van der Waals surface area contributed by atoms with Crippen molar-refractivity contribution in [2.24, 2.45) is 25.4 Å². The van der Waals surface area contributed by atoms with Gasteiger partial charge in [0.15, 0.2) is 11.7 Å². The van der Waals surface area contributed by atoms with Crippen LogP contribution in [0.2, 0.25) is 0 Å². The number of fused-ring (bicyclic) bond motifs is 6. The highest BCUT2D eigenvalue weighted by Crippen LogP contribution is 2.34. The third-order valence-electron chi connectivity index (χ3n) is 5.69. The van der Waals surface area contributed by atoms with E-state index in [1.54, 1.807) is 0 Å². The Bertz CT molecular complexity index is 1070. The number of allylic oxidation sites excluding steroid dienone is 2. The van der Waals surface area contributed by atoms with Crippen LogP contribution in [0, 0.1) is 5.41 Å². The molecule has 5 rings (SSSR count). The minimum Gasteiger partial charge on any atom is -0.343 e. The summed E-state index contributed by atoms with van der Waals surface area (Å²) in [4.78, 5) is 25.7. The molecule has 0 fully saturated rings. The third-order valence-corrected chi connectivity index (χ3v) is 5.69. The summed E-state index contributed by atoms with van der Waals surface area (Å²) < 4.78 is 0. The average Bonchev–Trinajstić information content (AvgIpc) is 3.42. The van der Waals surface area contributed by atoms with Gasteiger partial charge in [-0.1, -0.05) is 0 Å². The molecule has 0 saturated carbocycles. The van der Waals surface area contributed by atoms with Gasteiger partial charge in [-0.3, -0.25) is 0 Å². The molecule has 140 valence electrons. The standard InChI is InChI=1S/C22H22N6/c1-21(2)13-5-9-17(23-13)27-19-11-7-15(25-19)22(3,4)16-8-12-20(26-16)28-18-10-6-14(21)24-18/h5-12,23-24H,1-4H3. The first-order valence-electron chi connectivity index (χ1n) is 9.43. The molecule has 0 unspecified atom stereocenters. The summed E-state index contributed by atoms with van der Waals surface area (Å²) in [6.07, 6.45) is 7.94. The maximum Gasteiger partial charge on any atom is 0.154 e. The maximum atomic E-state index is 4.74. The number of H-pyrrole nitrogens is 2. The zero-order valence-corrected chi connectivity index (χ0v) is 16.4. The van der Waals surface area contributed by atoms with E-state index in [2.05, 4.69) is 59.8 Å². The molecule has 2 aromatic rings. The lowest BCUT2D eigenvalue weighted by molar-refractivity contribution is 0.604. The van der Waals surface area contributed by atoms with E-state index >= 15 is 0 Å². The summed E-state index contributed by atoms with van der Waals surface area (Å²) in [5.74, 6) is 2.98. The summed E-state index contributed by atoms with van der Waals surface area (Å²) >= 11 is 0. The summed E-state index contributed by atoms with van der Waals surface area (Å²) in [6, 6.07) is 8.14. The molecule has 0 atom stereocenters. The summed E-state index contributed by atoms with van der Waals surface area (Å²) in [5, 5.41) is 0. The monoisotopic (exact) mass is 370 g/mol.